The first-order valence-electron chi connectivity index (χ1n) is 8.34. The molecule has 0 radical (unpaired) electrons. The second-order valence-corrected chi connectivity index (χ2v) is 5.91. The van der Waals surface area contributed by atoms with E-state index in [1.807, 2.05) is 42.5 Å². The van der Waals surface area contributed by atoms with Crippen molar-refractivity contribution in [2.24, 2.45) is 0 Å². The molecule has 0 unspecified atom stereocenters. The van der Waals surface area contributed by atoms with E-state index in [0.29, 0.717) is 23.8 Å². The number of nitrogens with zero attached hydrogens (tertiary/aromatic N) is 4. The van der Waals surface area contributed by atoms with Crippen LogP contribution >= 0.6 is 0 Å². The highest BCUT2D eigenvalue weighted by molar-refractivity contribution is 5.89. The van der Waals surface area contributed by atoms with Crippen LogP contribution in [0.2, 0.25) is 0 Å². The molecule has 8 nitrogen and oxygen atoms in total. The molecule has 0 aliphatic rings. The van der Waals surface area contributed by atoms with Gasteiger partial charge < -0.3 is 14.6 Å². The van der Waals surface area contributed by atoms with Gasteiger partial charge in [-0.3, -0.25) is 15.1 Å². The van der Waals surface area contributed by atoms with Crippen molar-refractivity contribution < 1.29 is 9.26 Å². The highest BCUT2D eigenvalue weighted by Crippen LogP contribution is 2.27. The van der Waals surface area contributed by atoms with Gasteiger partial charge in [-0.15, -0.1) is 0 Å². The Labute approximate surface area is 153 Å². The van der Waals surface area contributed by atoms with E-state index in [1.54, 1.807) is 18.6 Å². The Morgan fingerprint density at radius 1 is 1.11 bits per heavy atom. The van der Waals surface area contributed by atoms with Crippen LogP contribution in [0.3, 0.4) is 0 Å². The van der Waals surface area contributed by atoms with E-state index in [2.05, 4.69) is 30.6 Å². The lowest BCUT2D eigenvalue weighted by atomic mass is 10.2. The van der Waals surface area contributed by atoms with Crippen molar-refractivity contribution >= 4 is 33.5 Å². The molecule has 0 aliphatic carbocycles. The van der Waals surface area contributed by atoms with Crippen molar-refractivity contribution in [3.8, 4) is 5.75 Å². The first-order chi connectivity index (χ1) is 13.4. The minimum atomic E-state index is 0.305. The number of aromatic amines is 1. The highest BCUT2D eigenvalue weighted by atomic mass is 16.5. The molecule has 0 spiro atoms. The van der Waals surface area contributed by atoms with Gasteiger partial charge in [0.2, 0.25) is 0 Å². The number of fused-ring (bicyclic) bond motifs is 2. The second-order valence-electron chi connectivity index (χ2n) is 5.91. The van der Waals surface area contributed by atoms with Crippen LogP contribution in [0.15, 0.2) is 65.6 Å². The predicted octanol–water partition coefficient (Wildman–Crippen LogP) is 3.82. The molecule has 0 atom stereocenters. The fraction of sp³-hybridized carbons (Fsp3) is 0.0526. The summed E-state index contributed by atoms with van der Waals surface area (Å²) < 4.78 is 11.2. The van der Waals surface area contributed by atoms with Crippen LogP contribution in [0.1, 0.15) is 5.69 Å². The molecule has 0 saturated carbocycles. The summed E-state index contributed by atoms with van der Waals surface area (Å²) in [6.45, 7) is 0.305. The number of nitrogens with one attached hydrogen (secondary N) is 2. The minimum absolute atomic E-state index is 0.305. The van der Waals surface area contributed by atoms with Crippen LogP contribution in [-0.2, 0) is 6.61 Å². The average molecular weight is 358 g/mol. The van der Waals surface area contributed by atoms with Gasteiger partial charge in [-0.1, -0.05) is 5.16 Å². The second kappa shape index (κ2) is 6.41. The molecule has 4 heterocycles. The molecule has 1 aromatic carbocycles. The van der Waals surface area contributed by atoms with Crippen molar-refractivity contribution in [2.45, 2.75) is 6.61 Å². The first kappa shape index (κ1) is 15.3. The molecule has 0 fully saturated rings. The van der Waals surface area contributed by atoms with Gasteiger partial charge in [-0.25, -0.2) is 0 Å². The lowest BCUT2D eigenvalue weighted by Crippen LogP contribution is -1.96. The Bertz CT molecular complexity index is 1210. The SMILES string of the molecule is c1cncc(OCc2noc3cc(Nc4n[nH]c5cccnc45)ccc23)c1. The summed E-state index contributed by atoms with van der Waals surface area (Å²) in [6, 6.07) is 13.2. The predicted molar refractivity (Wildman–Crippen MR) is 99.7 cm³/mol. The summed E-state index contributed by atoms with van der Waals surface area (Å²) in [4.78, 5) is 8.37. The standard InChI is InChI=1S/C19H14N6O2/c1-3-13(10-20-7-1)26-11-16-14-6-5-12(9-17(14)27-25-16)22-19-18-15(23-24-19)4-2-8-21-18/h1-10H,11H2,(H2,22,23,24). The van der Waals surface area contributed by atoms with Gasteiger partial charge in [0.1, 0.15) is 23.6 Å². The van der Waals surface area contributed by atoms with Crippen LogP contribution < -0.4 is 10.1 Å². The maximum atomic E-state index is 5.70. The van der Waals surface area contributed by atoms with E-state index >= 15 is 0 Å². The Balaban J connectivity index is 1.38. The number of ether oxygens (including phenoxy) is 1. The Morgan fingerprint density at radius 3 is 3.00 bits per heavy atom. The van der Waals surface area contributed by atoms with Gasteiger partial charge in [0.05, 0.1) is 11.7 Å². The number of hydrogen-bond donors (Lipinski definition) is 2. The number of H-pyrrole nitrogens is 1. The maximum absolute atomic E-state index is 5.70. The van der Waals surface area contributed by atoms with E-state index in [0.717, 1.165) is 27.8 Å². The van der Waals surface area contributed by atoms with E-state index in [-0.39, 0.29) is 0 Å². The lowest BCUT2D eigenvalue weighted by Gasteiger charge is -2.04. The molecular formula is C19H14N6O2. The van der Waals surface area contributed by atoms with Gasteiger partial charge in [-0.2, -0.15) is 5.10 Å². The number of pyridine rings is 2. The van der Waals surface area contributed by atoms with Gasteiger partial charge in [0.15, 0.2) is 11.4 Å². The summed E-state index contributed by atoms with van der Waals surface area (Å²) in [5, 5.41) is 15.5. The van der Waals surface area contributed by atoms with E-state index < -0.39 is 0 Å². The molecule has 0 bridgehead atoms. The number of hydrogen-bond acceptors (Lipinski definition) is 7. The largest absolute Gasteiger partial charge is 0.486 e. The first-order valence-corrected chi connectivity index (χ1v) is 8.34. The molecule has 5 rings (SSSR count). The fourth-order valence-electron chi connectivity index (χ4n) is 2.83. The zero-order valence-electron chi connectivity index (χ0n) is 14.1. The highest BCUT2D eigenvalue weighted by Gasteiger charge is 2.12. The number of anilines is 2. The zero-order chi connectivity index (χ0) is 18.1. The summed E-state index contributed by atoms with van der Waals surface area (Å²) in [7, 11) is 0. The molecular weight excluding hydrogens is 344 g/mol. The summed E-state index contributed by atoms with van der Waals surface area (Å²) >= 11 is 0. The van der Waals surface area contributed by atoms with E-state index in [4.69, 9.17) is 9.26 Å². The zero-order valence-corrected chi connectivity index (χ0v) is 14.1. The third kappa shape index (κ3) is 2.93. The molecule has 0 saturated heterocycles. The van der Waals surface area contributed by atoms with Crippen LogP contribution in [0.25, 0.3) is 22.0 Å². The Morgan fingerprint density at radius 2 is 2.07 bits per heavy atom. The minimum Gasteiger partial charge on any atom is -0.486 e. The smallest absolute Gasteiger partial charge is 0.178 e. The van der Waals surface area contributed by atoms with Crippen molar-refractivity contribution in [2.75, 3.05) is 5.32 Å². The van der Waals surface area contributed by atoms with Crippen molar-refractivity contribution in [1.82, 2.24) is 25.3 Å². The summed E-state index contributed by atoms with van der Waals surface area (Å²) in [5.41, 5.74) is 3.87. The molecule has 4 aromatic heterocycles. The van der Waals surface area contributed by atoms with E-state index in [9.17, 15) is 0 Å². The quantitative estimate of drug-likeness (QED) is 0.492. The molecule has 27 heavy (non-hydrogen) atoms. The van der Waals surface area contributed by atoms with E-state index in [1.165, 1.54) is 0 Å². The van der Waals surface area contributed by atoms with Crippen LogP contribution in [-0.4, -0.2) is 25.3 Å². The monoisotopic (exact) mass is 358 g/mol. The molecule has 2 N–H and O–H groups in total. The number of aromatic nitrogens is 5. The number of benzene rings is 1. The lowest BCUT2D eigenvalue weighted by molar-refractivity contribution is 0.291. The maximum Gasteiger partial charge on any atom is 0.178 e. The summed E-state index contributed by atoms with van der Waals surface area (Å²) in [6.07, 6.45) is 5.09. The van der Waals surface area contributed by atoms with Crippen molar-refractivity contribution in [3.63, 3.8) is 0 Å². The average Bonchev–Trinajstić information content (AvgIpc) is 3.31. The third-order valence-corrected chi connectivity index (χ3v) is 4.14. The molecule has 132 valence electrons. The van der Waals surface area contributed by atoms with Crippen LogP contribution in [0.4, 0.5) is 11.5 Å². The normalized spacial score (nSPS) is 11.1. The third-order valence-electron chi connectivity index (χ3n) is 4.14. The van der Waals surface area contributed by atoms with Crippen molar-refractivity contribution in [3.05, 3.63) is 66.7 Å². The summed E-state index contributed by atoms with van der Waals surface area (Å²) in [5.74, 6) is 1.34. The number of rotatable bonds is 5. The topological polar surface area (TPSA) is 102 Å². The van der Waals surface area contributed by atoms with Gasteiger partial charge in [0.25, 0.3) is 0 Å². The van der Waals surface area contributed by atoms with Gasteiger partial charge >= 0.3 is 0 Å². The van der Waals surface area contributed by atoms with Crippen LogP contribution in [0.5, 0.6) is 5.75 Å². The molecule has 0 aliphatic heterocycles. The molecule has 5 aromatic rings. The van der Waals surface area contributed by atoms with Gasteiger partial charge in [0, 0.05) is 29.5 Å². The van der Waals surface area contributed by atoms with Crippen LogP contribution in [0, 0.1) is 0 Å². The van der Waals surface area contributed by atoms with Gasteiger partial charge in [-0.05, 0) is 36.4 Å². The molecule has 8 heteroatoms. The Kier molecular flexibility index (Phi) is 3.64. The molecule has 0 amide bonds. The van der Waals surface area contributed by atoms with Crippen molar-refractivity contribution in [1.29, 1.82) is 0 Å². The Hall–Kier alpha value is -3.94. The fourth-order valence-corrected chi connectivity index (χ4v) is 2.83.